The summed E-state index contributed by atoms with van der Waals surface area (Å²) in [4.78, 5) is 27.8. The number of ether oxygens (including phenoxy) is 2. The van der Waals surface area contributed by atoms with Crippen LogP contribution in [0.1, 0.15) is 15.9 Å². The van der Waals surface area contributed by atoms with Gasteiger partial charge in [-0.05, 0) is 12.1 Å². The van der Waals surface area contributed by atoms with Crippen LogP contribution in [0.15, 0.2) is 49.1 Å². The van der Waals surface area contributed by atoms with Gasteiger partial charge in [0.25, 0.3) is 11.8 Å². The summed E-state index contributed by atoms with van der Waals surface area (Å²) in [6.45, 7) is 4.07. The highest BCUT2D eigenvalue weighted by molar-refractivity contribution is 6.15. The van der Waals surface area contributed by atoms with Crippen LogP contribution in [0.5, 0.6) is 11.5 Å². The Morgan fingerprint density at radius 3 is 2.52 bits per heavy atom. The fourth-order valence-corrected chi connectivity index (χ4v) is 3.65. The molecule has 0 saturated carbocycles. The predicted molar refractivity (Wildman–Crippen MR) is 101 cm³/mol. The molecule has 0 aliphatic carbocycles. The van der Waals surface area contributed by atoms with Crippen molar-refractivity contribution in [2.45, 2.75) is 5.66 Å². The van der Waals surface area contributed by atoms with Gasteiger partial charge in [0.05, 0.1) is 31.2 Å². The third-order valence-electron chi connectivity index (χ3n) is 4.87. The highest BCUT2D eigenvalue weighted by Crippen LogP contribution is 2.45. The number of fused-ring (bicyclic) bond motifs is 3. The average molecular weight is 365 g/mol. The first-order valence-corrected chi connectivity index (χ1v) is 8.44. The van der Waals surface area contributed by atoms with Gasteiger partial charge >= 0.3 is 0 Å². The summed E-state index contributed by atoms with van der Waals surface area (Å²) in [6, 6.07) is 10.6. The van der Waals surface area contributed by atoms with Gasteiger partial charge in [0.2, 0.25) is 5.66 Å². The van der Waals surface area contributed by atoms with Gasteiger partial charge in [0, 0.05) is 18.2 Å². The molecule has 2 N–H and O–H groups in total. The molecule has 2 amide bonds. The molecule has 0 bridgehead atoms. The minimum atomic E-state index is -1.37. The van der Waals surface area contributed by atoms with Gasteiger partial charge in [-0.2, -0.15) is 0 Å². The van der Waals surface area contributed by atoms with Crippen LogP contribution >= 0.6 is 0 Å². The highest BCUT2D eigenvalue weighted by Gasteiger charge is 2.54. The van der Waals surface area contributed by atoms with Crippen molar-refractivity contribution in [3.8, 4) is 11.5 Å². The Morgan fingerprint density at radius 1 is 1.11 bits per heavy atom. The topological polar surface area (TPSA) is 79.9 Å². The lowest BCUT2D eigenvalue weighted by Gasteiger charge is -2.36. The monoisotopic (exact) mass is 365 g/mol. The second-order valence-corrected chi connectivity index (χ2v) is 6.30. The number of methoxy groups -OCH3 is 2. The SMILES string of the molecule is C=CCN1C(=O)[C@@]2(NC(=O)c3cc(OC)c(OC)cc3N2)c2ccccc21. The molecule has 2 aliphatic heterocycles. The van der Waals surface area contributed by atoms with Crippen molar-refractivity contribution in [3.63, 3.8) is 0 Å². The minimum Gasteiger partial charge on any atom is -0.493 e. The summed E-state index contributed by atoms with van der Waals surface area (Å²) in [5.41, 5.74) is 0.930. The molecule has 2 aliphatic rings. The molecule has 2 aromatic rings. The first kappa shape index (κ1) is 17.0. The van der Waals surface area contributed by atoms with Crippen LogP contribution in [0, 0.1) is 0 Å². The zero-order valence-electron chi connectivity index (χ0n) is 15.0. The van der Waals surface area contributed by atoms with E-state index in [9.17, 15) is 9.59 Å². The number of amides is 2. The van der Waals surface area contributed by atoms with Crippen molar-refractivity contribution in [2.24, 2.45) is 0 Å². The molecule has 0 fully saturated rings. The third-order valence-corrected chi connectivity index (χ3v) is 4.87. The zero-order chi connectivity index (χ0) is 19.2. The van der Waals surface area contributed by atoms with Gasteiger partial charge in [0.1, 0.15) is 0 Å². The first-order chi connectivity index (χ1) is 13.1. The van der Waals surface area contributed by atoms with Gasteiger partial charge in [0.15, 0.2) is 11.5 Å². The molecular weight excluding hydrogens is 346 g/mol. The Morgan fingerprint density at radius 2 is 1.81 bits per heavy atom. The Labute approximate surface area is 156 Å². The maximum Gasteiger partial charge on any atom is 0.278 e. The number of rotatable bonds is 4. The molecule has 0 saturated heterocycles. The Balaban J connectivity index is 1.88. The standard InChI is InChI=1S/C20H19N3O4/c1-4-9-23-15-8-6-5-7-13(15)20(19(23)25)21-14-11-17(27-3)16(26-2)10-12(14)18(24)22-20/h4-8,10-11,21H,1,9H2,2-3H3,(H,22,24)/t20-/m0/s1. The second-order valence-electron chi connectivity index (χ2n) is 6.30. The van der Waals surface area contributed by atoms with Crippen LogP contribution in [-0.4, -0.2) is 32.6 Å². The smallest absolute Gasteiger partial charge is 0.278 e. The van der Waals surface area contributed by atoms with Crippen molar-refractivity contribution in [1.82, 2.24) is 5.32 Å². The van der Waals surface area contributed by atoms with Crippen molar-refractivity contribution >= 4 is 23.2 Å². The molecule has 0 unspecified atom stereocenters. The van der Waals surface area contributed by atoms with Gasteiger partial charge in [-0.1, -0.05) is 24.3 Å². The molecule has 7 nitrogen and oxygen atoms in total. The molecule has 4 rings (SSSR count). The van der Waals surface area contributed by atoms with Crippen LogP contribution < -0.4 is 25.0 Å². The average Bonchev–Trinajstić information content (AvgIpc) is 2.90. The van der Waals surface area contributed by atoms with Crippen LogP contribution in [0.3, 0.4) is 0 Å². The first-order valence-electron chi connectivity index (χ1n) is 8.44. The van der Waals surface area contributed by atoms with Gasteiger partial charge < -0.3 is 25.0 Å². The predicted octanol–water partition coefficient (Wildman–Crippen LogP) is 2.24. The molecule has 27 heavy (non-hydrogen) atoms. The normalized spacial score (nSPS) is 19.9. The van der Waals surface area contributed by atoms with E-state index in [-0.39, 0.29) is 11.8 Å². The Hall–Kier alpha value is -3.48. The summed E-state index contributed by atoms with van der Waals surface area (Å²) < 4.78 is 10.6. The molecule has 1 atom stereocenters. The van der Waals surface area contributed by atoms with Crippen LogP contribution in [0.2, 0.25) is 0 Å². The van der Waals surface area contributed by atoms with E-state index < -0.39 is 5.66 Å². The number of benzene rings is 2. The number of anilines is 2. The zero-order valence-corrected chi connectivity index (χ0v) is 15.0. The summed E-state index contributed by atoms with van der Waals surface area (Å²) in [5, 5.41) is 6.09. The Bertz CT molecular complexity index is 972. The van der Waals surface area contributed by atoms with E-state index in [1.807, 2.05) is 24.3 Å². The highest BCUT2D eigenvalue weighted by atomic mass is 16.5. The van der Waals surface area contributed by atoms with Crippen molar-refractivity contribution in [3.05, 3.63) is 60.2 Å². The van der Waals surface area contributed by atoms with E-state index in [1.54, 1.807) is 23.1 Å². The van der Waals surface area contributed by atoms with Crippen molar-refractivity contribution in [1.29, 1.82) is 0 Å². The lowest BCUT2D eigenvalue weighted by molar-refractivity contribution is -0.123. The van der Waals surface area contributed by atoms with Gasteiger partial charge in [-0.25, -0.2) is 0 Å². The summed E-state index contributed by atoms with van der Waals surface area (Å²) in [6.07, 6.45) is 1.65. The van der Waals surface area contributed by atoms with Crippen molar-refractivity contribution in [2.75, 3.05) is 31.0 Å². The molecule has 138 valence electrons. The van der Waals surface area contributed by atoms with E-state index in [2.05, 4.69) is 17.2 Å². The van der Waals surface area contributed by atoms with E-state index in [4.69, 9.17) is 9.47 Å². The van der Waals surface area contributed by atoms with Crippen molar-refractivity contribution < 1.29 is 19.1 Å². The number of nitrogens with one attached hydrogen (secondary N) is 2. The summed E-state index contributed by atoms with van der Waals surface area (Å²) in [5.74, 6) is 0.275. The fourth-order valence-electron chi connectivity index (χ4n) is 3.65. The molecule has 7 heteroatoms. The van der Waals surface area contributed by atoms with E-state index in [0.29, 0.717) is 34.9 Å². The van der Waals surface area contributed by atoms with E-state index in [1.165, 1.54) is 14.2 Å². The molecule has 0 aromatic heterocycles. The van der Waals surface area contributed by atoms with Crippen LogP contribution in [-0.2, 0) is 10.5 Å². The number of hydrogen-bond acceptors (Lipinski definition) is 5. The number of carbonyl (C=O) groups excluding carboxylic acids is 2. The molecular formula is C20H19N3O4. The van der Waals surface area contributed by atoms with E-state index in [0.717, 1.165) is 5.69 Å². The van der Waals surface area contributed by atoms with Crippen LogP contribution in [0.25, 0.3) is 0 Å². The van der Waals surface area contributed by atoms with E-state index >= 15 is 0 Å². The lowest BCUT2D eigenvalue weighted by atomic mass is 9.95. The summed E-state index contributed by atoms with van der Waals surface area (Å²) >= 11 is 0. The number of nitrogens with zero attached hydrogens (tertiary/aromatic N) is 1. The summed E-state index contributed by atoms with van der Waals surface area (Å²) in [7, 11) is 3.02. The molecule has 2 aromatic carbocycles. The maximum atomic E-state index is 13.3. The third kappa shape index (κ3) is 2.28. The molecule has 1 spiro atoms. The lowest BCUT2D eigenvalue weighted by Crippen LogP contribution is -2.60. The quantitative estimate of drug-likeness (QED) is 0.813. The van der Waals surface area contributed by atoms with Gasteiger partial charge in [-0.3, -0.25) is 9.59 Å². The van der Waals surface area contributed by atoms with Gasteiger partial charge in [-0.15, -0.1) is 6.58 Å². The van der Waals surface area contributed by atoms with Crippen LogP contribution in [0.4, 0.5) is 11.4 Å². The number of carbonyl (C=O) groups is 2. The second kappa shape index (κ2) is 6.05. The molecule has 0 radical (unpaired) electrons. The largest absolute Gasteiger partial charge is 0.493 e. The Kier molecular flexibility index (Phi) is 3.80. The molecule has 2 heterocycles. The fraction of sp³-hybridized carbons (Fsp3) is 0.200. The number of para-hydroxylation sites is 1. The minimum absolute atomic E-state index is 0.266. The maximum absolute atomic E-state index is 13.3. The number of hydrogen-bond donors (Lipinski definition) is 2.